The molecule has 0 aliphatic carbocycles. The largest absolute Gasteiger partial charge is 0.368 e. The Hall–Kier alpha value is -0.620. The van der Waals surface area contributed by atoms with E-state index in [-0.39, 0.29) is 18.0 Å². The van der Waals surface area contributed by atoms with Gasteiger partial charge in [0.1, 0.15) is 0 Å². The van der Waals surface area contributed by atoms with Gasteiger partial charge >= 0.3 is 0 Å². The molecule has 1 amide bonds. The minimum Gasteiger partial charge on any atom is -0.368 e. The van der Waals surface area contributed by atoms with Gasteiger partial charge in [0.2, 0.25) is 5.91 Å². The Morgan fingerprint density at radius 2 is 2.33 bits per heavy atom. The molecule has 0 aromatic carbocycles. The molecule has 2 rings (SSSR count). The van der Waals surface area contributed by atoms with Crippen molar-refractivity contribution >= 4 is 28.8 Å². The Labute approximate surface area is 116 Å². The molecule has 1 aliphatic rings. The second-order valence-corrected chi connectivity index (χ2v) is 6.29. The number of halogens is 1. The number of hydrogen-bond donors (Lipinski definition) is 2. The van der Waals surface area contributed by atoms with Crippen molar-refractivity contribution in [1.82, 2.24) is 4.90 Å². The van der Waals surface area contributed by atoms with Gasteiger partial charge in [0, 0.05) is 11.4 Å². The van der Waals surface area contributed by atoms with Gasteiger partial charge in [-0.2, -0.15) is 0 Å². The number of hydrogen-bond acceptors (Lipinski definition) is 4. The van der Waals surface area contributed by atoms with Crippen LogP contribution >= 0.6 is 22.9 Å². The Kier molecular flexibility index (Phi) is 4.61. The van der Waals surface area contributed by atoms with Crippen molar-refractivity contribution in [2.75, 3.05) is 13.1 Å². The molecular formula is C12H18ClN3OS. The number of amides is 1. The van der Waals surface area contributed by atoms with Gasteiger partial charge in [-0.1, -0.05) is 18.0 Å². The summed E-state index contributed by atoms with van der Waals surface area (Å²) in [4.78, 5) is 14.8. The van der Waals surface area contributed by atoms with Crippen LogP contribution in [0.4, 0.5) is 0 Å². The van der Waals surface area contributed by atoms with E-state index in [1.54, 1.807) is 0 Å². The average molecular weight is 288 g/mol. The number of primary amides is 1. The SMILES string of the molecule is NCC(c1ccc(Cl)s1)N1CCCCC1C(N)=O. The molecule has 4 N–H and O–H groups in total. The summed E-state index contributed by atoms with van der Waals surface area (Å²) in [6.45, 7) is 1.34. The summed E-state index contributed by atoms with van der Waals surface area (Å²) in [5.74, 6) is -0.254. The van der Waals surface area contributed by atoms with E-state index < -0.39 is 0 Å². The van der Waals surface area contributed by atoms with Gasteiger partial charge < -0.3 is 11.5 Å². The lowest BCUT2D eigenvalue weighted by molar-refractivity contribution is -0.125. The molecule has 1 aromatic heterocycles. The summed E-state index contributed by atoms with van der Waals surface area (Å²) in [5.41, 5.74) is 11.4. The minimum atomic E-state index is -0.254. The number of rotatable bonds is 4. The Morgan fingerprint density at radius 3 is 2.89 bits per heavy atom. The zero-order valence-corrected chi connectivity index (χ0v) is 11.7. The molecule has 0 spiro atoms. The normalized spacial score (nSPS) is 22.9. The lowest BCUT2D eigenvalue weighted by Gasteiger charge is -2.38. The maximum absolute atomic E-state index is 11.5. The third kappa shape index (κ3) is 2.85. The molecule has 2 atom stereocenters. The van der Waals surface area contributed by atoms with Crippen LogP contribution in [0.1, 0.15) is 30.2 Å². The van der Waals surface area contributed by atoms with Crippen LogP contribution in [0, 0.1) is 0 Å². The molecule has 100 valence electrons. The molecule has 6 heteroatoms. The molecule has 1 aliphatic heterocycles. The van der Waals surface area contributed by atoms with E-state index in [1.807, 2.05) is 12.1 Å². The van der Waals surface area contributed by atoms with Crippen LogP contribution in [-0.4, -0.2) is 29.9 Å². The molecule has 0 saturated carbocycles. The van der Waals surface area contributed by atoms with E-state index in [0.717, 1.165) is 35.0 Å². The lowest BCUT2D eigenvalue weighted by Crippen LogP contribution is -2.50. The summed E-state index contributed by atoms with van der Waals surface area (Å²) in [7, 11) is 0. The fourth-order valence-corrected chi connectivity index (χ4v) is 3.75. The molecule has 18 heavy (non-hydrogen) atoms. The van der Waals surface area contributed by atoms with Crippen LogP contribution in [0.15, 0.2) is 12.1 Å². The minimum absolute atomic E-state index is 0.0419. The van der Waals surface area contributed by atoms with Crippen LogP contribution in [0.2, 0.25) is 4.34 Å². The van der Waals surface area contributed by atoms with E-state index in [4.69, 9.17) is 23.1 Å². The molecule has 0 radical (unpaired) electrons. The van der Waals surface area contributed by atoms with Crippen molar-refractivity contribution in [2.45, 2.75) is 31.3 Å². The number of nitrogens with zero attached hydrogens (tertiary/aromatic N) is 1. The predicted octanol–water partition coefficient (Wildman–Crippen LogP) is 1.74. The number of nitrogens with two attached hydrogens (primary N) is 2. The van der Waals surface area contributed by atoms with Crippen LogP contribution in [0.3, 0.4) is 0 Å². The maximum atomic E-state index is 11.5. The first-order chi connectivity index (χ1) is 8.63. The number of piperidine rings is 1. The highest BCUT2D eigenvalue weighted by Gasteiger charge is 2.32. The number of thiophene rings is 1. The highest BCUT2D eigenvalue weighted by molar-refractivity contribution is 7.16. The van der Waals surface area contributed by atoms with Crippen LogP contribution in [0.25, 0.3) is 0 Å². The highest BCUT2D eigenvalue weighted by Crippen LogP contribution is 2.33. The van der Waals surface area contributed by atoms with E-state index in [2.05, 4.69) is 4.90 Å². The molecule has 2 heterocycles. The van der Waals surface area contributed by atoms with E-state index in [0.29, 0.717) is 6.54 Å². The van der Waals surface area contributed by atoms with Crippen molar-refractivity contribution in [3.8, 4) is 0 Å². The molecule has 2 unspecified atom stereocenters. The van der Waals surface area contributed by atoms with Crippen molar-refractivity contribution in [3.63, 3.8) is 0 Å². The summed E-state index contributed by atoms with van der Waals surface area (Å²) in [6, 6.07) is 3.69. The van der Waals surface area contributed by atoms with Gasteiger partial charge in [-0.3, -0.25) is 9.69 Å². The molecule has 1 aromatic rings. The quantitative estimate of drug-likeness (QED) is 0.886. The van der Waals surface area contributed by atoms with Crippen molar-refractivity contribution < 1.29 is 4.79 Å². The smallest absolute Gasteiger partial charge is 0.234 e. The van der Waals surface area contributed by atoms with Crippen LogP contribution in [-0.2, 0) is 4.79 Å². The number of carbonyl (C=O) groups excluding carboxylic acids is 1. The number of carbonyl (C=O) groups is 1. The fraction of sp³-hybridized carbons (Fsp3) is 0.583. The van der Waals surface area contributed by atoms with Gasteiger partial charge in [0.05, 0.1) is 16.4 Å². The second kappa shape index (κ2) is 6.02. The van der Waals surface area contributed by atoms with Gasteiger partial charge in [-0.25, -0.2) is 0 Å². The molecule has 4 nitrogen and oxygen atoms in total. The Bertz CT molecular complexity index is 423. The molecule has 1 fully saturated rings. The third-order valence-electron chi connectivity index (χ3n) is 3.42. The highest BCUT2D eigenvalue weighted by atomic mass is 35.5. The van der Waals surface area contributed by atoms with E-state index in [1.165, 1.54) is 11.3 Å². The zero-order valence-electron chi connectivity index (χ0n) is 10.1. The maximum Gasteiger partial charge on any atom is 0.234 e. The second-order valence-electron chi connectivity index (χ2n) is 4.55. The van der Waals surface area contributed by atoms with Crippen molar-refractivity contribution in [1.29, 1.82) is 0 Å². The first kappa shape index (κ1) is 13.8. The van der Waals surface area contributed by atoms with Gasteiger partial charge in [0.25, 0.3) is 0 Å². The van der Waals surface area contributed by atoms with Gasteiger partial charge in [-0.05, 0) is 31.5 Å². The molecule has 0 bridgehead atoms. The van der Waals surface area contributed by atoms with Crippen LogP contribution in [0.5, 0.6) is 0 Å². The fourth-order valence-electron chi connectivity index (χ4n) is 2.55. The molecule has 1 saturated heterocycles. The van der Waals surface area contributed by atoms with Crippen LogP contribution < -0.4 is 11.5 Å². The Balaban J connectivity index is 2.22. The zero-order chi connectivity index (χ0) is 13.1. The summed E-state index contributed by atoms with van der Waals surface area (Å²) >= 11 is 7.49. The summed E-state index contributed by atoms with van der Waals surface area (Å²) in [5, 5.41) is 0. The predicted molar refractivity (Wildman–Crippen MR) is 74.7 cm³/mol. The van der Waals surface area contributed by atoms with Gasteiger partial charge in [-0.15, -0.1) is 11.3 Å². The van der Waals surface area contributed by atoms with Crippen molar-refractivity contribution in [3.05, 3.63) is 21.3 Å². The Morgan fingerprint density at radius 1 is 1.56 bits per heavy atom. The van der Waals surface area contributed by atoms with Gasteiger partial charge in [0.15, 0.2) is 0 Å². The summed E-state index contributed by atoms with van der Waals surface area (Å²) < 4.78 is 0.746. The third-order valence-corrected chi connectivity index (χ3v) is 4.75. The topological polar surface area (TPSA) is 72.3 Å². The van der Waals surface area contributed by atoms with E-state index in [9.17, 15) is 4.79 Å². The lowest BCUT2D eigenvalue weighted by atomic mass is 9.98. The molecular weight excluding hydrogens is 270 g/mol. The summed E-state index contributed by atoms with van der Waals surface area (Å²) in [6.07, 6.45) is 2.96. The average Bonchev–Trinajstić information content (AvgIpc) is 2.77. The first-order valence-electron chi connectivity index (χ1n) is 6.14. The standard InChI is InChI=1S/C12H18ClN3OS/c13-11-5-4-10(18-11)9(7-14)16-6-2-1-3-8(16)12(15)17/h4-5,8-9H,1-3,6-7,14H2,(H2,15,17). The van der Waals surface area contributed by atoms with E-state index >= 15 is 0 Å². The number of likely N-dealkylation sites (tertiary alicyclic amines) is 1. The van der Waals surface area contributed by atoms with Crippen molar-refractivity contribution in [2.24, 2.45) is 11.5 Å². The first-order valence-corrected chi connectivity index (χ1v) is 7.33. The monoisotopic (exact) mass is 287 g/mol.